The molecule has 18 nitrogen and oxygen atoms in total. The maximum absolute atomic E-state index is 17.1. The number of nitrogens with one attached hydrogen (secondary N) is 3. The average Bonchev–Trinajstić information content (AvgIpc) is 2.94. The molecule has 1 aliphatic carbocycles. The number of alkyl halides is 1. The number of aromatic nitrogens is 4. The molecule has 6 aromatic rings. The van der Waals surface area contributed by atoms with Gasteiger partial charge in [0.05, 0.1) is 52.2 Å². The number of ether oxygens (including phenoxy) is 1. The first-order chi connectivity index (χ1) is 39.2. The first kappa shape index (κ1) is 56.4. The van der Waals surface area contributed by atoms with Crippen LogP contribution in [0, 0.1) is 36.3 Å². The number of anilines is 1. The number of fused-ring (bicyclic) bond motifs is 4. The first-order valence-electron chi connectivity index (χ1n) is 28.0. The Balaban J connectivity index is 0.761. The van der Waals surface area contributed by atoms with E-state index in [0.29, 0.717) is 74.4 Å². The molecule has 4 aliphatic heterocycles. The molecule has 5 fully saturated rings. The highest BCUT2D eigenvalue weighted by atomic mass is 32.1. The average molecular weight is 1140 g/mol. The third kappa shape index (κ3) is 11.5. The second kappa shape index (κ2) is 22.7. The summed E-state index contributed by atoms with van der Waals surface area (Å²) in [5.74, 6) is -1.06. The van der Waals surface area contributed by atoms with Crippen LogP contribution in [0.5, 0.6) is 11.8 Å². The van der Waals surface area contributed by atoms with Gasteiger partial charge < -0.3 is 45.6 Å². The number of amides is 4. The van der Waals surface area contributed by atoms with Crippen molar-refractivity contribution < 1.29 is 47.3 Å². The molecule has 22 heteroatoms. The van der Waals surface area contributed by atoms with Gasteiger partial charge in [-0.25, -0.2) is 18.2 Å². The Morgan fingerprint density at radius 2 is 1.71 bits per heavy atom. The summed E-state index contributed by atoms with van der Waals surface area (Å²) in [7, 11) is 0. The number of nitrogens with zero attached hydrogens (tertiary/aromatic N) is 8. The largest absolute Gasteiger partial charge is 0.508 e. The van der Waals surface area contributed by atoms with Crippen LogP contribution in [-0.4, -0.2) is 163 Å². The lowest BCUT2D eigenvalue weighted by atomic mass is 9.85. The molecule has 6 atom stereocenters. The zero-order chi connectivity index (χ0) is 57.8. The van der Waals surface area contributed by atoms with Gasteiger partial charge in [-0.3, -0.25) is 29.1 Å². The monoisotopic (exact) mass is 1140 g/mol. The lowest BCUT2D eigenvalue weighted by Gasteiger charge is -2.36. The fraction of sp³-hybridized carbons (Fsp3) is 0.467. The Morgan fingerprint density at radius 1 is 0.976 bits per heavy atom. The van der Waals surface area contributed by atoms with E-state index in [1.165, 1.54) is 46.7 Å². The number of carbonyl (C=O) groups is 4. The van der Waals surface area contributed by atoms with Gasteiger partial charge in [0.25, 0.3) is 5.91 Å². The molecule has 3 aromatic heterocycles. The Labute approximate surface area is 476 Å². The van der Waals surface area contributed by atoms with Gasteiger partial charge in [0.1, 0.15) is 40.7 Å². The molecule has 0 radical (unpaired) electrons. The number of piperazine rings is 2. The number of phenols is 1. The number of thiazole rings is 1. The topological polar surface area (TPSA) is 219 Å². The van der Waals surface area contributed by atoms with Crippen molar-refractivity contribution in [3.8, 4) is 45.8 Å². The number of hydrogen-bond donors (Lipinski definition) is 5. The van der Waals surface area contributed by atoms with E-state index in [1.54, 1.807) is 31.2 Å². The van der Waals surface area contributed by atoms with Gasteiger partial charge in [-0.2, -0.15) is 9.97 Å². The molecule has 5 aliphatic rings. The van der Waals surface area contributed by atoms with Crippen LogP contribution >= 0.6 is 11.3 Å². The first-order valence-corrected chi connectivity index (χ1v) is 28.8. The maximum Gasteiger partial charge on any atom is 0.319 e. The normalized spacial score (nSPS) is 21.3. The maximum atomic E-state index is 17.1. The van der Waals surface area contributed by atoms with Gasteiger partial charge in [0, 0.05) is 88.0 Å². The predicted molar refractivity (Wildman–Crippen MR) is 303 cm³/mol. The van der Waals surface area contributed by atoms with E-state index in [1.807, 2.05) is 31.2 Å². The summed E-state index contributed by atoms with van der Waals surface area (Å²) in [6.07, 6.45) is 8.71. The molecule has 3 aromatic carbocycles. The second-order valence-electron chi connectivity index (χ2n) is 23.4. The van der Waals surface area contributed by atoms with Crippen LogP contribution in [0.2, 0.25) is 0 Å². The van der Waals surface area contributed by atoms with Crippen molar-refractivity contribution >= 4 is 62.5 Å². The minimum Gasteiger partial charge on any atom is -0.508 e. The molecule has 1 saturated carbocycles. The van der Waals surface area contributed by atoms with E-state index in [-0.39, 0.29) is 96.3 Å². The van der Waals surface area contributed by atoms with Gasteiger partial charge in [0.2, 0.25) is 17.7 Å². The van der Waals surface area contributed by atoms with E-state index >= 15 is 8.78 Å². The second-order valence-corrected chi connectivity index (χ2v) is 24.3. The van der Waals surface area contributed by atoms with Gasteiger partial charge in [0.15, 0.2) is 11.5 Å². The fourth-order valence-electron chi connectivity index (χ4n) is 11.9. The van der Waals surface area contributed by atoms with Crippen LogP contribution in [-0.2, 0) is 19.2 Å². The van der Waals surface area contributed by atoms with Crippen molar-refractivity contribution in [2.45, 2.75) is 115 Å². The number of β-amino-alcohol motifs (C(OH)–C–C–N with tert-alkyl or cyclic N) is 1. The molecular weight excluding hydrogens is 1080 g/mol. The predicted octanol–water partition coefficient (Wildman–Crippen LogP) is 6.34. The third-order valence-electron chi connectivity index (χ3n) is 16.6. The number of hydrogen-bond acceptors (Lipinski definition) is 15. The standard InChI is InChI=1S/C60H66F3N11O7S/c1-6-41-44(61)15-12-36-24-39(75)25-42(48(36)41)50-49(62)51-43(28-64-50)54(73-29-37-13-14-38(30-73)66-37)70-58(68-51)81-23-7-18-71-19-21-72(22-20-71)47(77)27-45(34-8-10-35(11-9-34)52-33(2)65-32-82-52)67-55(78)46-26-40(76)31-74(46)56(79)53(59(3,4)5)69-57(80)60(63)16-17-60/h1,8-12,15,24-25,28,32,37-38,40,45-46,53,66,75-76H,7,13-14,16-23,26-27,29-31H2,2-5H3,(H,67,78)(H,69,80)/t37?,38?,40-,45+,46+,53-/m1/s1. The lowest BCUT2D eigenvalue weighted by Crippen LogP contribution is -2.59. The molecule has 2 unspecified atom stereocenters. The van der Waals surface area contributed by atoms with Crippen LogP contribution in [0.1, 0.15) is 88.6 Å². The highest BCUT2D eigenvalue weighted by Crippen LogP contribution is 2.42. The van der Waals surface area contributed by atoms with Crippen LogP contribution < -0.4 is 25.6 Å². The van der Waals surface area contributed by atoms with E-state index in [4.69, 9.17) is 16.1 Å². The van der Waals surface area contributed by atoms with Gasteiger partial charge in [-0.05, 0) is 79.2 Å². The third-order valence-corrected chi connectivity index (χ3v) is 17.5. The Bertz CT molecular complexity index is 3490. The summed E-state index contributed by atoms with van der Waals surface area (Å²) in [5, 5.41) is 31.9. The number of aryl methyl sites for hydroxylation is 1. The highest BCUT2D eigenvalue weighted by molar-refractivity contribution is 7.13. The van der Waals surface area contributed by atoms with Crippen LogP contribution in [0.15, 0.2) is 60.2 Å². The summed E-state index contributed by atoms with van der Waals surface area (Å²) in [6, 6.07) is 10.2. The van der Waals surface area contributed by atoms with Crippen molar-refractivity contribution in [3.05, 3.63) is 88.7 Å². The molecule has 11 rings (SSSR count). The van der Waals surface area contributed by atoms with E-state index < -0.39 is 64.7 Å². The summed E-state index contributed by atoms with van der Waals surface area (Å²) >= 11 is 1.50. The number of aliphatic hydroxyl groups excluding tert-OH is 1. The minimum atomic E-state index is -2.03. The fourth-order valence-corrected chi connectivity index (χ4v) is 12.7. The number of rotatable bonds is 16. The van der Waals surface area contributed by atoms with Crippen molar-refractivity contribution in [1.29, 1.82) is 0 Å². The van der Waals surface area contributed by atoms with Crippen molar-refractivity contribution in [2.24, 2.45) is 5.41 Å². The number of aromatic hydroxyl groups is 1. The molecule has 430 valence electrons. The number of pyridine rings is 1. The van der Waals surface area contributed by atoms with Crippen LogP contribution in [0.25, 0.3) is 43.4 Å². The number of likely N-dealkylation sites (tertiary alicyclic amines) is 1. The molecule has 0 spiro atoms. The van der Waals surface area contributed by atoms with Crippen LogP contribution in [0.4, 0.5) is 19.0 Å². The van der Waals surface area contributed by atoms with Crippen molar-refractivity contribution in [3.63, 3.8) is 0 Å². The lowest BCUT2D eigenvalue weighted by molar-refractivity contribution is -0.145. The van der Waals surface area contributed by atoms with E-state index in [9.17, 15) is 33.8 Å². The van der Waals surface area contributed by atoms with Gasteiger partial charge >= 0.3 is 6.01 Å². The molecule has 5 N–H and O–H groups in total. The number of benzene rings is 3. The number of halogens is 3. The molecule has 2 bridgehead atoms. The Kier molecular flexibility index (Phi) is 15.6. The van der Waals surface area contributed by atoms with Crippen molar-refractivity contribution in [2.75, 3.05) is 63.9 Å². The zero-order valence-electron chi connectivity index (χ0n) is 46.2. The molecule has 82 heavy (non-hydrogen) atoms. The minimum absolute atomic E-state index is 0.0307. The Hall–Kier alpha value is -7.45. The zero-order valence-corrected chi connectivity index (χ0v) is 47.0. The molecule has 7 heterocycles. The summed E-state index contributed by atoms with van der Waals surface area (Å²) in [6.45, 7) is 10.9. The summed E-state index contributed by atoms with van der Waals surface area (Å²) in [5.41, 5.74) is 1.12. The quantitative estimate of drug-likeness (QED) is 0.0528. The number of carbonyl (C=O) groups excluding carboxylic acids is 4. The summed E-state index contributed by atoms with van der Waals surface area (Å²) < 4.78 is 53.3. The van der Waals surface area contributed by atoms with E-state index in [2.05, 4.69) is 46.6 Å². The highest BCUT2D eigenvalue weighted by Gasteiger charge is 2.53. The van der Waals surface area contributed by atoms with Crippen LogP contribution in [0.3, 0.4) is 0 Å². The molecule has 4 amide bonds. The van der Waals surface area contributed by atoms with Crippen molar-refractivity contribution in [1.82, 2.24) is 50.6 Å². The Morgan fingerprint density at radius 3 is 2.38 bits per heavy atom. The molecular formula is C60H66F3N11O7S. The molecule has 4 saturated heterocycles. The summed E-state index contributed by atoms with van der Waals surface area (Å²) in [4.78, 5) is 82.6. The van der Waals surface area contributed by atoms with E-state index in [0.717, 1.165) is 29.0 Å². The number of aliphatic hydroxyl groups is 1. The van der Waals surface area contributed by atoms with Gasteiger partial charge in [-0.1, -0.05) is 57.0 Å². The number of terminal acetylenes is 1. The smallest absolute Gasteiger partial charge is 0.319 e. The SMILES string of the molecule is C#Cc1c(F)ccc2cc(O)cc(-c3ncc4c(N5CC6CCC(C5)N6)nc(OCCCN5CCN(C(=O)C[C@H](NC(=O)[C@@H]6C[C@@H](O)CN6C(=O)[C@@H](NC(=O)C6(F)CC6)C(C)(C)C)c6ccc(-c7scnc7C)cc6)CC5)nc4c3F)c12. The number of phenolic OH excluding ortho intramolecular Hbond substituents is 1. The van der Waals surface area contributed by atoms with Gasteiger partial charge in [-0.15, -0.1) is 17.8 Å².